The summed E-state index contributed by atoms with van der Waals surface area (Å²) in [5.74, 6) is -2.79. The maximum absolute atomic E-state index is 13.4. The van der Waals surface area contributed by atoms with Crippen molar-refractivity contribution in [2.24, 2.45) is 0 Å². The topological polar surface area (TPSA) is 106 Å². The molecule has 8 nitrogen and oxygen atoms in total. The van der Waals surface area contributed by atoms with Gasteiger partial charge in [-0.05, 0) is 12.1 Å². The van der Waals surface area contributed by atoms with E-state index in [0.717, 1.165) is 24.3 Å². The van der Waals surface area contributed by atoms with Crippen LogP contribution < -0.4 is 15.6 Å². The number of nitrogens with one attached hydrogen (secondary N) is 2. The van der Waals surface area contributed by atoms with Gasteiger partial charge < -0.3 is 4.74 Å². The van der Waals surface area contributed by atoms with Gasteiger partial charge in [-0.15, -0.1) is 0 Å². The van der Waals surface area contributed by atoms with E-state index in [-0.39, 0.29) is 17.1 Å². The van der Waals surface area contributed by atoms with Crippen LogP contribution >= 0.6 is 0 Å². The largest absolute Gasteiger partial charge is 0.479 e. The minimum atomic E-state index is -1.05. The molecule has 1 amide bonds. The molecule has 1 aromatic carbocycles. The summed E-state index contributed by atoms with van der Waals surface area (Å²) in [7, 11) is 1.25. The lowest BCUT2D eigenvalue weighted by Gasteiger charge is -2.09. The third-order valence-electron chi connectivity index (χ3n) is 2.73. The van der Waals surface area contributed by atoms with Gasteiger partial charge in [0.1, 0.15) is 0 Å². The van der Waals surface area contributed by atoms with Crippen molar-refractivity contribution in [2.75, 3.05) is 12.5 Å². The zero-order valence-corrected chi connectivity index (χ0v) is 11.7. The monoisotopic (exact) mass is 324 g/mol. The Labute approximate surface area is 128 Å². The third kappa shape index (κ3) is 3.67. The molecule has 0 saturated heterocycles. The van der Waals surface area contributed by atoms with E-state index in [1.807, 2.05) is 0 Å². The van der Waals surface area contributed by atoms with Crippen LogP contribution in [0.2, 0.25) is 0 Å². The number of anilines is 1. The van der Waals surface area contributed by atoms with Gasteiger partial charge in [-0.25, -0.2) is 9.37 Å². The zero-order chi connectivity index (χ0) is 17.0. The molecule has 0 aliphatic carbocycles. The Balaban J connectivity index is 2.09. The highest BCUT2D eigenvalue weighted by Gasteiger charge is 2.17. The lowest BCUT2D eigenvalue weighted by molar-refractivity contribution is -0.387. The Hall–Kier alpha value is -3.30. The molecule has 2 rings (SSSR count). The third-order valence-corrected chi connectivity index (χ3v) is 2.73. The molecule has 10 heteroatoms. The van der Waals surface area contributed by atoms with E-state index in [1.54, 1.807) is 0 Å². The van der Waals surface area contributed by atoms with Crippen LogP contribution in [0.5, 0.6) is 5.88 Å². The molecular weight excluding hydrogens is 314 g/mol. The number of nitro groups is 1. The molecule has 0 unspecified atom stereocenters. The highest BCUT2D eigenvalue weighted by atomic mass is 19.1. The Morgan fingerprint density at radius 3 is 2.65 bits per heavy atom. The zero-order valence-electron chi connectivity index (χ0n) is 11.7. The molecule has 120 valence electrons. The number of halogens is 2. The van der Waals surface area contributed by atoms with Gasteiger partial charge in [0.2, 0.25) is 11.7 Å². The average molecular weight is 324 g/mol. The van der Waals surface area contributed by atoms with Gasteiger partial charge in [0, 0.05) is 17.7 Å². The van der Waals surface area contributed by atoms with Crippen molar-refractivity contribution in [3.63, 3.8) is 0 Å². The fourth-order valence-corrected chi connectivity index (χ4v) is 1.64. The number of nitro benzene ring substituents is 1. The molecule has 0 aliphatic rings. The van der Waals surface area contributed by atoms with E-state index in [1.165, 1.54) is 13.3 Å². The Morgan fingerprint density at radius 1 is 1.30 bits per heavy atom. The Morgan fingerprint density at radius 2 is 2.04 bits per heavy atom. The normalized spacial score (nSPS) is 10.0. The van der Waals surface area contributed by atoms with Gasteiger partial charge >= 0.3 is 5.69 Å². The first-order valence-electron chi connectivity index (χ1n) is 6.12. The van der Waals surface area contributed by atoms with Crippen molar-refractivity contribution in [2.45, 2.75) is 0 Å². The van der Waals surface area contributed by atoms with Crippen molar-refractivity contribution in [3.8, 4) is 5.88 Å². The molecule has 0 spiro atoms. The summed E-state index contributed by atoms with van der Waals surface area (Å²) < 4.78 is 31.3. The second-order valence-corrected chi connectivity index (χ2v) is 4.22. The van der Waals surface area contributed by atoms with Gasteiger partial charge in [0.25, 0.3) is 5.91 Å². The molecule has 0 aliphatic heterocycles. The fraction of sp³-hybridized carbons (Fsp3) is 0.0769. The lowest BCUT2D eigenvalue weighted by atomic mass is 10.2. The molecule has 0 bridgehead atoms. The van der Waals surface area contributed by atoms with Crippen molar-refractivity contribution in [3.05, 3.63) is 57.8 Å². The summed E-state index contributed by atoms with van der Waals surface area (Å²) in [6.07, 6.45) is 1.20. The predicted molar refractivity (Wildman–Crippen MR) is 74.9 cm³/mol. The summed E-state index contributed by atoms with van der Waals surface area (Å²) in [6, 6.07) is 3.70. The average Bonchev–Trinajstić information content (AvgIpc) is 2.52. The van der Waals surface area contributed by atoms with Crippen LogP contribution in [0.4, 0.5) is 20.2 Å². The van der Waals surface area contributed by atoms with E-state index in [2.05, 4.69) is 20.6 Å². The number of amides is 1. The second kappa shape index (κ2) is 6.64. The first kappa shape index (κ1) is 16.1. The molecule has 2 aromatic rings. The minimum absolute atomic E-state index is 0.119. The number of rotatable bonds is 5. The number of nitrogens with zero attached hydrogens (tertiary/aromatic N) is 2. The molecule has 1 heterocycles. The highest BCUT2D eigenvalue weighted by molar-refractivity contribution is 5.95. The van der Waals surface area contributed by atoms with E-state index >= 15 is 0 Å². The maximum atomic E-state index is 13.4. The molecule has 0 atom stereocenters. The molecule has 1 aromatic heterocycles. The lowest BCUT2D eigenvalue weighted by Crippen LogP contribution is -2.29. The van der Waals surface area contributed by atoms with E-state index < -0.39 is 28.2 Å². The van der Waals surface area contributed by atoms with E-state index in [4.69, 9.17) is 0 Å². The number of ether oxygens (including phenoxy) is 1. The van der Waals surface area contributed by atoms with Crippen LogP contribution in [0.1, 0.15) is 10.4 Å². The van der Waals surface area contributed by atoms with Gasteiger partial charge in [0.15, 0.2) is 5.82 Å². The van der Waals surface area contributed by atoms with Crippen LogP contribution in [0.25, 0.3) is 0 Å². The summed E-state index contributed by atoms with van der Waals surface area (Å²) in [6.45, 7) is 0. The number of carbonyl (C=O) groups excluding carboxylic acids is 1. The van der Waals surface area contributed by atoms with E-state index in [9.17, 15) is 23.7 Å². The number of benzene rings is 1. The number of hydrazine groups is 1. The number of aromatic nitrogens is 1. The quantitative estimate of drug-likeness (QED) is 0.644. The second-order valence-electron chi connectivity index (χ2n) is 4.22. The number of methoxy groups -OCH3 is 1. The van der Waals surface area contributed by atoms with Crippen LogP contribution in [0, 0.1) is 21.7 Å². The Bertz CT molecular complexity index is 770. The van der Waals surface area contributed by atoms with Crippen LogP contribution in [-0.2, 0) is 0 Å². The van der Waals surface area contributed by atoms with E-state index in [0.29, 0.717) is 0 Å². The first-order chi connectivity index (χ1) is 10.9. The number of hydrogen-bond donors (Lipinski definition) is 2. The number of hydrogen-bond acceptors (Lipinski definition) is 6. The predicted octanol–water partition coefficient (Wildman–Crippen LogP) is 2.03. The number of carbonyl (C=O) groups is 1. The van der Waals surface area contributed by atoms with Gasteiger partial charge in [-0.2, -0.15) is 4.39 Å². The van der Waals surface area contributed by atoms with Crippen LogP contribution in [-0.4, -0.2) is 22.9 Å². The Kier molecular flexibility index (Phi) is 4.64. The molecular formula is C13H10F2N4O4. The molecule has 0 saturated carbocycles. The minimum Gasteiger partial charge on any atom is -0.479 e. The molecule has 2 N–H and O–H groups in total. The molecule has 0 fully saturated rings. The van der Waals surface area contributed by atoms with Crippen molar-refractivity contribution in [1.29, 1.82) is 0 Å². The van der Waals surface area contributed by atoms with Crippen molar-refractivity contribution in [1.82, 2.24) is 10.4 Å². The summed E-state index contributed by atoms with van der Waals surface area (Å²) in [4.78, 5) is 25.2. The van der Waals surface area contributed by atoms with Crippen LogP contribution in [0.3, 0.4) is 0 Å². The first-order valence-corrected chi connectivity index (χ1v) is 6.12. The van der Waals surface area contributed by atoms with Gasteiger partial charge in [-0.3, -0.25) is 25.8 Å². The van der Waals surface area contributed by atoms with Gasteiger partial charge in [-0.1, -0.05) is 0 Å². The number of pyridine rings is 1. The molecule has 23 heavy (non-hydrogen) atoms. The fourth-order valence-electron chi connectivity index (χ4n) is 1.64. The van der Waals surface area contributed by atoms with Crippen LogP contribution in [0.15, 0.2) is 30.5 Å². The highest BCUT2D eigenvalue weighted by Crippen LogP contribution is 2.19. The van der Waals surface area contributed by atoms with Gasteiger partial charge in [0.05, 0.1) is 23.9 Å². The maximum Gasteiger partial charge on any atom is 0.305 e. The smallest absolute Gasteiger partial charge is 0.305 e. The van der Waals surface area contributed by atoms with Crippen molar-refractivity contribution < 1.29 is 23.2 Å². The van der Waals surface area contributed by atoms with Crippen molar-refractivity contribution >= 4 is 17.3 Å². The summed E-state index contributed by atoms with van der Waals surface area (Å²) in [5.41, 5.74) is 3.71. The molecule has 0 radical (unpaired) electrons. The SMILES string of the molecule is COc1ncc(NNC(=O)c2ccc(F)c([N+](=O)[O-])c2)cc1F. The summed E-state index contributed by atoms with van der Waals surface area (Å²) >= 11 is 0. The standard InChI is InChI=1S/C13H10F2N4O4/c1-23-13-10(15)5-8(6-16-13)17-18-12(20)7-2-3-9(14)11(4-7)19(21)22/h2-6,17H,1H3,(H,18,20). The summed E-state index contributed by atoms with van der Waals surface area (Å²) in [5, 5.41) is 10.6.